The molecule has 2 atom stereocenters. The Morgan fingerprint density at radius 1 is 1.50 bits per heavy atom. The number of aromatic nitrogens is 1. The first kappa shape index (κ1) is 13.5. The lowest BCUT2D eigenvalue weighted by molar-refractivity contribution is 0.124. The van der Waals surface area contributed by atoms with Crippen molar-refractivity contribution in [1.29, 1.82) is 0 Å². The van der Waals surface area contributed by atoms with Gasteiger partial charge < -0.3 is 10.5 Å². The van der Waals surface area contributed by atoms with Crippen LogP contribution in [0.1, 0.15) is 49.8 Å². The molecule has 2 N–H and O–H groups in total. The molecule has 0 aromatic carbocycles. The van der Waals surface area contributed by atoms with E-state index in [0.29, 0.717) is 5.92 Å². The summed E-state index contributed by atoms with van der Waals surface area (Å²) in [6, 6.07) is 4.39. The normalized spacial score (nSPS) is 20.4. The minimum absolute atomic E-state index is 0.177. The molecular weight excluding hydrogens is 224 g/mol. The highest BCUT2D eigenvalue weighted by molar-refractivity contribution is 5.27. The van der Waals surface area contributed by atoms with Gasteiger partial charge in [0, 0.05) is 37.1 Å². The molecule has 0 aliphatic heterocycles. The molecule has 1 aliphatic rings. The van der Waals surface area contributed by atoms with Gasteiger partial charge in [-0.05, 0) is 43.7 Å². The van der Waals surface area contributed by atoms with Gasteiger partial charge in [-0.1, -0.05) is 13.0 Å². The smallest absolute Gasteiger partial charge is 0.0481 e. The number of fused-ring (bicyclic) bond motifs is 1. The molecule has 0 saturated carbocycles. The van der Waals surface area contributed by atoms with Crippen LogP contribution in [0, 0.1) is 0 Å². The van der Waals surface area contributed by atoms with E-state index < -0.39 is 0 Å². The zero-order valence-corrected chi connectivity index (χ0v) is 11.3. The molecule has 100 valence electrons. The van der Waals surface area contributed by atoms with Crippen molar-refractivity contribution in [3.63, 3.8) is 0 Å². The van der Waals surface area contributed by atoms with Crippen LogP contribution in [-0.2, 0) is 11.2 Å². The molecule has 0 amide bonds. The Balaban J connectivity index is 1.93. The molecule has 0 bridgehead atoms. The average Bonchev–Trinajstić information content (AvgIpc) is 2.43. The van der Waals surface area contributed by atoms with Gasteiger partial charge in [0.05, 0.1) is 0 Å². The summed E-state index contributed by atoms with van der Waals surface area (Å²) in [7, 11) is 0. The van der Waals surface area contributed by atoms with Gasteiger partial charge in [-0.3, -0.25) is 4.98 Å². The van der Waals surface area contributed by atoms with Crippen LogP contribution in [0.4, 0.5) is 0 Å². The van der Waals surface area contributed by atoms with Gasteiger partial charge in [0.1, 0.15) is 0 Å². The lowest BCUT2D eigenvalue weighted by Gasteiger charge is -2.29. The molecular formula is C15H24N2O. The molecule has 0 spiro atoms. The van der Waals surface area contributed by atoms with E-state index >= 15 is 0 Å². The SMILES string of the molecule is CCCOCCC(N)C1CCCc2cccnc21. The van der Waals surface area contributed by atoms with E-state index in [2.05, 4.69) is 18.0 Å². The Hall–Kier alpha value is -0.930. The molecule has 3 nitrogen and oxygen atoms in total. The van der Waals surface area contributed by atoms with E-state index in [1.54, 1.807) is 0 Å². The number of ether oxygens (including phenoxy) is 1. The van der Waals surface area contributed by atoms with Gasteiger partial charge in [0.15, 0.2) is 0 Å². The third kappa shape index (κ3) is 3.30. The molecule has 0 saturated heterocycles. The molecule has 2 unspecified atom stereocenters. The zero-order valence-electron chi connectivity index (χ0n) is 11.3. The van der Waals surface area contributed by atoms with Crippen molar-refractivity contribution in [2.24, 2.45) is 5.73 Å². The van der Waals surface area contributed by atoms with Crippen LogP contribution < -0.4 is 5.73 Å². The molecule has 1 aliphatic carbocycles. The Labute approximate surface area is 110 Å². The minimum atomic E-state index is 0.177. The van der Waals surface area contributed by atoms with Crippen molar-refractivity contribution >= 4 is 0 Å². The highest BCUT2D eigenvalue weighted by Gasteiger charge is 2.26. The van der Waals surface area contributed by atoms with E-state index in [1.807, 2.05) is 12.3 Å². The van der Waals surface area contributed by atoms with E-state index in [-0.39, 0.29) is 6.04 Å². The fourth-order valence-electron chi connectivity index (χ4n) is 2.73. The molecule has 3 heteroatoms. The number of nitrogens with zero attached hydrogens (tertiary/aromatic N) is 1. The topological polar surface area (TPSA) is 48.1 Å². The number of aryl methyl sites for hydroxylation is 1. The summed E-state index contributed by atoms with van der Waals surface area (Å²) in [5.41, 5.74) is 8.94. The first-order valence-corrected chi connectivity index (χ1v) is 7.10. The maximum absolute atomic E-state index is 6.33. The van der Waals surface area contributed by atoms with Crippen molar-refractivity contribution in [3.05, 3.63) is 29.6 Å². The maximum atomic E-state index is 6.33. The van der Waals surface area contributed by atoms with Crippen LogP contribution >= 0.6 is 0 Å². The summed E-state index contributed by atoms with van der Waals surface area (Å²) >= 11 is 0. The second-order valence-electron chi connectivity index (χ2n) is 5.11. The number of pyridine rings is 1. The first-order chi connectivity index (χ1) is 8.83. The van der Waals surface area contributed by atoms with Crippen molar-refractivity contribution in [2.75, 3.05) is 13.2 Å². The number of hydrogen-bond donors (Lipinski definition) is 1. The van der Waals surface area contributed by atoms with Gasteiger partial charge in [0.2, 0.25) is 0 Å². The second kappa shape index (κ2) is 6.86. The molecule has 1 aromatic rings. The summed E-state index contributed by atoms with van der Waals surface area (Å²) in [6.07, 6.45) is 7.44. The highest BCUT2D eigenvalue weighted by Crippen LogP contribution is 2.32. The van der Waals surface area contributed by atoms with Crippen LogP contribution in [0.15, 0.2) is 18.3 Å². The molecule has 1 heterocycles. The van der Waals surface area contributed by atoms with Crippen molar-refractivity contribution in [1.82, 2.24) is 4.98 Å². The number of nitrogens with two attached hydrogens (primary N) is 1. The summed E-state index contributed by atoms with van der Waals surface area (Å²) in [6.45, 7) is 3.74. The second-order valence-corrected chi connectivity index (χ2v) is 5.11. The Bertz CT molecular complexity index is 367. The predicted molar refractivity (Wildman–Crippen MR) is 73.6 cm³/mol. The van der Waals surface area contributed by atoms with E-state index in [1.165, 1.54) is 24.1 Å². The zero-order chi connectivity index (χ0) is 12.8. The van der Waals surface area contributed by atoms with Crippen LogP contribution in [0.3, 0.4) is 0 Å². The summed E-state index contributed by atoms with van der Waals surface area (Å²) in [4.78, 5) is 4.55. The fraction of sp³-hybridized carbons (Fsp3) is 0.667. The van der Waals surface area contributed by atoms with Crippen LogP contribution in [0.25, 0.3) is 0 Å². The van der Waals surface area contributed by atoms with Crippen LogP contribution in [-0.4, -0.2) is 24.2 Å². The fourth-order valence-corrected chi connectivity index (χ4v) is 2.73. The molecule has 18 heavy (non-hydrogen) atoms. The molecule has 1 aromatic heterocycles. The molecule has 2 rings (SSSR count). The highest BCUT2D eigenvalue weighted by atomic mass is 16.5. The Kier molecular flexibility index (Phi) is 5.14. The standard InChI is InChI=1S/C15H24N2O/c1-2-10-18-11-8-14(16)13-7-3-5-12-6-4-9-17-15(12)13/h4,6,9,13-14H,2-3,5,7-8,10-11,16H2,1H3. The molecule has 0 radical (unpaired) electrons. The van der Waals surface area contributed by atoms with Crippen molar-refractivity contribution in [3.8, 4) is 0 Å². The van der Waals surface area contributed by atoms with E-state index in [9.17, 15) is 0 Å². The van der Waals surface area contributed by atoms with E-state index in [4.69, 9.17) is 10.5 Å². The quantitative estimate of drug-likeness (QED) is 0.787. The van der Waals surface area contributed by atoms with Crippen LogP contribution in [0.2, 0.25) is 0 Å². The third-order valence-corrected chi connectivity index (χ3v) is 3.70. The lowest BCUT2D eigenvalue weighted by Crippen LogP contribution is -2.32. The Morgan fingerprint density at radius 2 is 2.39 bits per heavy atom. The largest absolute Gasteiger partial charge is 0.381 e. The van der Waals surface area contributed by atoms with Gasteiger partial charge in [-0.15, -0.1) is 0 Å². The maximum Gasteiger partial charge on any atom is 0.0481 e. The van der Waals surface area contributed by atoms with Crippen molar-refractivity contribution < 1.29 is 4.74 Å². The molecule has 0 fully saturated rings. The third-order valence-electron chi connectivity index (χ3n) is 3.70. The predicted octanol–water partition coefficient (Wildman–Crippen LogP) is 2.65. The Morgan fingerprint density at radius 3 is 3.22 bits per heavy atom. The first-order valence-electron chi connectivity index (χ1n) is 7.10. The minimum Gasteiger partial charge on any atom is -0.381 e. The summed E-state index contributed by atoms with van der Waals surface area (Å²) in [5.74, 6) is 0.417. The van der Waals surface area contributed by atoms with E-state index in [0.717, 1.165) is 32.5 Å². The van der Waals surface area contributed by atoms with Gasteiger partial charge >= 0.3 is 0 Å². The van der Waals surface area contributed by atoms with Gasteiger partial charge in [-0.2, -0.15) is 0 Å². The van der Waals surface area contributed by atoms with Gasteiger partial charge in [0.25, 0.3) is 0 Å². The summed E-state index contributed by atoms with van der Waals surface area (Å²) < 4.78 is 5.53. The number of rotatable bonds is 6. The van der Waals surface area contributed by atoms with Crippen molar-refractivity contribution in [2.45, 2.75) is 51.0 Å². The average molecular weight is 248 g/mol. The van der Waals surface area contributed by atoms with Crippen LogP contribution in [0.5, 0.6) is 0 Å². The number of hydrogen-bond acceptors (Lipinski definition) is 3. The monoisotopic (exact) mass is 248 g/mol. The van der Waals surface area contributed by atoms with Gasteiger partial charge in [-0.25, -0.2) is 0 Å². The summed E-state index contributed by atoms with van der Waals surface area (Å²) in [5, 5.41) is 0. The lowest BCUT2D eigenvalue weighted by atomic mass is 9.81.